The number of aryl methyl sites for hydroxylation is 1. The van der Waals surface area contributed by atoms with Gasteiger partial charge < -0.3 is 19.5 Å². The molecule has 0 saturated carbocycles. The maximum atomic E-state index is 13.7. The molecule has 2 fully saturated rings. The van der Waals surface area contributed by atoms with Gasteiger partial charge in [-0.3, -0.25) is 14.5 Å². The van der Waals surface area contributed by atoms with E-state index in [1.807, 2.05) is 34.1 Å². The highest BCUT2D eigenvalue weighted by Crippen LogP contribution is 2.38. The highest BCUT2D eigenvalue weighted by atomic mass is 35.5. The van der Waals surface area contributed by atoms with Crippen LogP contribution in [0.2, 0.25) is 5.02 Å². The van der Waals surface area contributed by atoms with Crippen LogP contribution in [0.5, 0.6) is 0 Å². The number of benzene rings is 1. The molecule has 1 aromatic carbocycles. The molecular weight excluding hydrogens is 420 g/mol. The lowest BCUT2D eigenvalue weighted by molar-refractivity contribution is -0.143. The molecule has 0 aliphatic carbocycles. The van der Waals surface area contributed by atoms with Crippen LogP contribution in [0.15, 0.2) is 34.9 Å². The van der Waals surface area contributed by atoms with Gasteiger partial charge in [0.1, 0.15) is 5.76 Å². The summed E-state index contributed by atoms with van der Waals surface area (Å²) in [7, 11) is 0. The summed E-state index contributed by atoms with van der Waals surface area (Å²) in [6, 6.07) is 9.29. The van der Waals surface area contributed by atoms with Gasteiger partial charge in [-0.25, -0.2) is 0 Å². The summed E-state index contributed by atoms with van der Waals surface area (Å²) < 4.78 is 10.5. The van der Waals surface area contributed by atoms with Crippen molar-refractivity contribution in [2.45, 2.75) is 25.2 Å². The monoisotopic (exact) mass is 446 g/mol. The Morgan fingerprint density at radius 1 is 1.16 bits per heavy atom. The third kappa shape index (κ3) is 4.92. The van der Waals surface area contributed by atoms with Crippen molar-refractivity contribution in [2.75, 3.05) is 51.3 Å². The number of hydrogen-bond donors (Lipinski definition) is 1. The van der Waals surface area contributed by atoms with E-state index in [1.54, 1.807) is 13.0 Å². The van der Waals surface area contributed by atoms with E-state index in [2.05, 4.69) is 10.5 Å². The lowest BCUT2D eigenvalue weighted by Crippen LogP contribution is -2.56. The van der Waals surface area contributed by atoms with Crippen LogP contribution in [0.1, 0.15) is 24.2 Å². The van der Waals surface area contributed by atoms with E-state index in [0.29, 0.717) is 68.8 Å². The molecule has 9 heteroatoms. The van der Waals surface area contributed by atoms with E-state index in [9.17, 15) is 9.59 Å². The van der Waals surface area contributed by atoms with Gasteiger partial charge in [-0.2, -0.15) is 0 Å². The Morgan fingerprint density at radius 3 is 2.55 bits per heavy atom. The average Bonchev–Trinajstić information content (AvgIpc) is 3.18. The van der Waals surface area contributed by atoms with E-state index in [-0.39, 0.29) is 18.4 Å². The lowest BCUT2D eigenvalue weighted by atomic mass is 9.73. The van der Waals surface area contributed by atoms with Crippen LogP contribution in [-0.2, 0) is 19.7 Å². The predicted octanol–water partition coefficient (Wildman–Crippen LogP) is 2.47. The molecule has 0 bridgehead atoms. The zero-order chi connectivity index (χ0) is 21.8. The number of ether oxygens (including phenoxy) is 1. The normalized spacial score (nSPS) is 19.2. The molecule has 2 aliphatic rings. The van der Waals surface area contributed by atoms with E-state index in [1.165, 1.54) is 0 Å². The number of carbonyl (C=O) groups excluding carboxylic acids is 2. The summed E-state index contributed by atoms with van der Waals surface area (Å²) in [5.41, 5.74) is 0.353. The maximum Gasteiger partial charge on any atom is 0.239 e. The first kappa shape index (κ1) is 21.8. The molecule has 1 N–H and O–H groups in total. The van der Waals surface area contributed by atoms with Gasteiger partial charge in [-0.05, 0) is 37.5 Å². The number of piperazine rings is 1. The number of aromatic nitrogens is 1. The summed E-state index contributed by atoms with van der Waals surface area (Å²) in [5.74, 6) is 1.04. The Morgan fingerprint density at radius 2 is 1.90 bits per heavy atom. The Balaban J connectivity index is 1.37. The third-order valence-corrected chi connectivity index (χ3v) is 6.29. The molecule has 1 aromatic heterocycles. The van der Waals surface area contributed by atoms with Crippen LogP contribution >= 0.6 is 11.6 Å². The summed E-state index contributed by atoms with van der Waals surface area (Å²) >= 11 is 6.23. The fraction of sp³-hybridized carbons (Fsp3) is 0.500. The van der Waals surface area contributed by atoms with Crippen LogP contribution in [-0.4, -0.2) is 72.7 Å². The largest absolute Gasteiger partial charge is 0.381 e. The lowest BCUT2D eigenvalue weighted by Gasteiger charge is -2.43. The predicted molar refractivity (Wildman–Crippen MR) is 116 cm³/mol. The molecule has 2 aromatic rings. The number of amides is 2. The molecule has 8 nitrogen and oxygen atoms in total. The number of nitrogens with one attached hydrogen (secondary N) is 1. The number of rotatable bonds is 5. The van der Waals surface area contributed by atoms with Crippen molar-refractivity contribution in [3.8, 4) is 0 Å². The number of nitrogens with zero attached hydrogens (tertiary/aromatic N) is 3. The molecule has 3 heterocycles. The van der Waals surface area contributed by atoms with Crippen LogP contribution in [0.25, 0.3) is 0 Å². The van der Waals surface area contributed by atoms with Crippen LogP contribution in [0, 0.1) is 6.92 Å². The quantitative estimate of drug-likeness (QED) is 0.759. The summed E-state index contributed by atoms with van der Waals surface area (Å²) in [6.07, 6.45) is 1.29. The van der Waals surface area contributed by atoms with Crippen molar-refractivity contribution in [1.29, 1.82) is 0 Å². The van der Waals surface area contributed by atoms with Crippen LogP contribution in [0.4, 0.5) is 5.82 Å². The van der Waals surface area contributed by atoms with E-state index < -0.39 is 5.41 Å². The molecule has 0 spiro atoms. The number of halogens is 1. The first-order chi connectivity index (χ1) is 15.0. The van der Waals surface area contributed by atoms with E-state index in [0.717, 1.165) is 5.56 Å². The molecule has 166 valence electrons. The smallest absolute Gasteiger partial charge is 0.239 e. The third-order valence-electron chi connectivity index (χ3n) is 6.06. The second-order valence-corrected chi connectivity index (χ2v) is 8.58. The molecule has 2 aliphatic heterocycles. The first-order valence-electron chi connectivity index (χ1n) is 10.5. The zero-order valence-corrected chi connectivity index (χ0v) is 18.4. The van der Waals surface area contributed by atoms with E-state index >= 15 is 0 Å². The molecule has 2 amide bonds. The van der Waals surface area contributed by atoms with Crippen molar-refractivity contribution in [2.24, 2.45) is 0 Å². The van der Waals surface area contributed by atoms with Gasteiger partial charge in [0, 0.05) is 50.5 Å². The average molecular weight is 447 g/mol. The van der Waals surface area contributed by atoms with Crippen molar-refractivity contribution in [1.82, 2.24) is 15.0 Å². The molecule has 2 saturated heterocycles. The summed E-state index contributed by atoms with van der Waals surface area (Å²) in [6.45, 7) is 5.57. The highest BCUT2D eigenvalue weighted by molar-refractivity contribution is 6.30. The number of hydrogen-bond acceptors (Lipinski definition) is 6. The SMILES string of the molecule is Cc1cc(NC(=O)CN2CCN(C(=O)C3(c4cccc(Cl)c4)CCOCC3)CC2)no1. The van der Waals surface area contributed by atoms with Gasteiger partial charge in [0.2, 0.25) is 11.8 Å². The van der Waals surface area contributed by atoms with Crippen molar-refractivity contribution >= 4 is 29.2 Å². The standard InChI is InChI=1S/C22H27ClN4O4/c1-16-13-19(25-31-16)24-20(28)15-26-7-9-27(10-8-26)21(29)22(5-11-30-12-6-22)17-3-2-4-18(23)14-17/h2-4,13-14H,5-12,15H2,1H3,(H,24,25,28). The molecule has 0 atom stereocenters. The molecule has 0 radical (unpaired) electrons. The second-order valence-electron chi connectivity index (χ2n) is 8.14. The van der Waals surface area contributed by atoms with Gasteiger partial charge in [0.05, 0.1) is 12.0 Å². The second kappa shape index (κ2) is 9.38. The van der Waals surface area contributed by atoms with Crippen LogP contribution in [0.3, 0.4) is 0 Å². The number of anilines is 1. The minimum Gasteiger partial charge on any atom is -0.381 e. The Labute approximate surface area is 186 Å². The minimum atomic E-state index is -0.604. The topological polar surface area (TPSA) is 87.9 Å². The maximum absolute atomic E-state index is 13.7. The minimum absolute atomic E-state index is 0.125. The van der Waals surface area contributed by atoms with Gasteiger partial charge >= 0.3 is 0 Å². The molecule has 31 heavy (non-hydrogen) atoms. The van der Waals surface area contributed by atoms with Gasteiger partial charge in [0.15, 0.2) is 5.82 Å². The molecule has 0 unspecified atom stereocenters. The van der Waals surface area contributed by atoms with Crippen molar-refractivity contribution in [3.05, 3.63) is 46.7 Å². The fourth-order valence-corrected chi connectivity index (χ4v) is 4.54. The summed E-state index contributed by atoms with van der Waals surface area (Å²) in [4.78, 5) is 29.9. The molecular formula is C22H27ClN4O4. The van der Waals surface area contributed by atoms with Gasteiger partial charge in [-0.1, -0.05) is 28.9 Å². The zero-order valence-electron chi connectivity index (χ0n) is 17.6. The van der Waals surface area contributed by atoms with Gasteiger partial charge in [0.25, 0.3) is 0 Å². The van der Waals surface area contributed by atoms with Crippen molar-refractivity contribution < 1.29 is 18.8 Å². The van der Waals surface area contributed by atoms with E-state index in [4.69, 9.17) is 20.9 Å². The Bertz CT molecular complexity index is 933. The van der Waals surface area contributed by atoms with Crippen molar-refractivity contribution in [3.63, 3.8) is 0 Å². The van der Waals surface area contributed by atoms with Gasteiger partial charge in [-0.15, -0.1) is 0 Å². The number of carbonyl (C=O) groups is 2. The molecule has 4 rings (SSSR count). The Hall–Kier alpha value is -2.42. The highest BCUT2D eigenvalue weighted by Gasteiger charge is 2.44. The van der Waals surface area contributed by atoms with Crippen LogP contribution < -0.4 is 5.32 Å². The Kier molecular flexibility index (Phi) is 6.60. The first-order valence-corrected chi connectivity index (χ1v) is 10.9. The summed E-state index contributed by atoms with van der Waals surface area (Å²) in [5, 5.41) is 7.15. The fourth-order valence-electron chi connectivity index (χ4n) is 4.35.